The van der Waals surface area contributed by atoms with Crippen LogP contribution < -0.4 is 5.32 Å². The molecule has 0 bridgehead atoms. The second-order valence-electron chi connectivity index (χ2n) is 5.51. The summed E-state index contributed by atoms with van der Waals surface area (Å²) in [6.45, 7) is 10.1. The van der Waals surface area contributed by atoms with Gasteiger partial charge in [0.2, 0.25) is 0 Å². The summed E-state index contributed by atoms with van der Waals surface area (Å²) in [6, 6.07) is 8.86. The lowest BCUT2D eigenvalue weighted by Crippen LogP contribution is -2.38. The van der Waals surface area contributed by atoms with Gasteiger partial charge in [0.1, 0.15) is 0 Å². The van der Waals surface area contributed by atoms with Gasteiger partial charge in [0, 0.05) is 10.5 Å². The van der Waals surface area contributed by atoms with Crippen LogP contribution in [-0.4, -0.2) is 24.8 Å². The van der Waals surface area contributed by atoms with Gasteiger partial charge in [0.05, 0.1) is 12.2 Å². The Morgan fingerprint density at radius 3 is 2.33 bits per heavy atom. The molecule has 3 heteroatoms. The van der Waals surface area contributed by atoms with Gasteiger partial charge in [-0.15, -0.1) is 0 Å². The Labute approximate surface area is 119 Å². The molecule has 0 saturated carbocycles. The SMILES string of the molecule is CCNC(COC(C)(C)C)Cc1ccc(Br)cc1. The molecule has 0 spiro atoms. The lowest BCUT2D eigenvalue weighted by Gasteiger charge is -2.25. The highest BCUT2D eigenvalue weighted by molar-refractivity contribution is 9.10. The van der Waals surface area contributed by atoms with Crippen molar-refractivity contribution in [2.45, 2.75) is 45.8 Å². The van der Waals surface area contributed by atoms with E-state index in [4.69, 9.17) is 4.74 Å². The zero-order valence-corrected chi connectivity index (χ0v) is 13.4. The van der Waals surface area contributed by atoms with E-state index < -0.39 is 0 Å². The molecular formula is C15H24BrNO. The zero-order chi connectivity index (χ0) is 13.6. The molecule has 0 heterocycles. The van der Waals surface area contributed by atoms with Gasteiger partial charge in [-0.2, -0.15) is 0 Å². The largest absolute Gasteiger partial charge is 0.374 e. The Morgan fingerprint density at radius 1 is 1.22 bits per heavy atom. The quantitative estimate of drug-likeness (QED) is 0.863. The van der Waals surface area contributed by atoms with E-state index >= 15 is 0 Å². The van der Waals surface area contributed by atoms with Gasteiger partial charge in [-0.3, -0.25) is 0 Å². The fourth-order valence-corrected chi connectivity index (χ4v) is 2.00. The molecular weight excluding hydrogens is 290 g/mol. The summed E-state index contributed by atoms with van der Waals surface area (Å²) >= 11 is 3.46. The maximum Gasteiger partial charge on any atom is 0.0629 e. The summed E-state index contributed by atoms with van der Waals surface area (Å²) in [7, 11) is 0. The van der Waals surface area contributed by atoms with Gasteiger partial charge in [0.25, 0.3) is 0 Å². The van der Waals surface area contributed by atoms with Crippen LogP contribution in [0, 0.1) is 0 Å². The molecule has 1 unspecified atom stereocenters. The van der Waals surface area contributed by atoms with Crippen molar-refractivity contribution in [2.24, 2.45) is 0 Å². The Morgan fingerprint density at radius 2 is 1.83 bits per heavy atom. The van der Waals surface area contributed by atoms with Crippen molar-refractivity contribution in [3.05, 3.63) is 34.3 Å². The standard InChI is InChI=1S/C15H24BrNO/c1-5-17-14(11-18-15(2,3)4)10-12-6-8-13(16)9-7-12/h6-9,14,17H,5,10-11H2,1-4H3. The number of likely N-dealkylation sites (N-methyl/N-ethyl adjacent to an activating group) is 1. The summed E-state index contributed by atoms with van der Waals surface area (Å²) in [4.78, 5) is 0. The molecule has 0 amide bonds. The average molecular weight is 314 g/mol. The number of nitrogens with one attached hydrogen (secondary N) is 1. The van der Waals surface area contributed by atoms with Gasteiger partial charge < -0.3 is 10.1 Å². The molecule has 0 saturated heterocycles. The van der Waals surface area contributed by atoms with Crippen molar-refractivity contribution < 1.29 is 4.74 Å². The molecule has 0 radical (unpaired) electrons. The number of ether oxygens (including phenoxy) is 1. The lowest BCUT2D eigenvalue weighted by molar-refractivity contribution is -0.0141. The number of benzene rings is 1. The highest BCUT2D eigenvalue weighted by atomic mass is 79.9. The van der Waals surface area contributed by atoms with E-state index in [-0.39, 0.29) is 5.60 Å². The molecule has 0 aliphatic carbocycles. The maximum atomic E-state index is 5.87. The topological polar surface area (TPSA) is 21.3 Å². The fraction of sp³-hybridized carbons (Fsp3) is 0.600. The minimum Gasteiger partial charge on any atom is -0.374 e. The van der Waals surface area contributed by atoms with Gasteiger partial charge in [-0.25, -0.2) is 0 Å². The molecule has 1 N–H and O–H groups in total. The van der Waals surface area contributed by atoms with E-state index in [1.807, 2.05) is 0 Å². The van der Waals surface area contributed by atoms with Crippen molar-refractivity contribution >= 4 is 15.9 Å². The van der Waals surface area contributed by atoms with Crippen LogP contribution >= 0.6 is 15.9 Å². The normalized spacial score (nSPS) is 13.6. The third-order valence-corrected chi connectivity index (χ3v) is 3.13. The molecule has 1 aromatic carbocycles. The van der Waals surface area contributed by atoms with Gasteiger partial charge >= 0.3 is 0 Å². The Hall–Kier alpha value is -0.380. The van der Waals surface area contributed by atoms with Crippen LogP contribution in [0.3, 0.4) is 0 Å². The average Bonchev–Trinajstić information content (AvgIpc) is 2.28. The fourth-order valence-electron chi connectivity index (χ4n) is 1.73. The molecule has 1 rings (SSSR count). The van der Waals surface area contributed by atoms with Crippen molar-refractivity contribution in [2.75, 3.05) is 13.2 Å². The van der Waals surface area contributed by atoms with E-state index in [2.05, 4.69) is 73.2 Å². The maximum absolute atomic E-state index is 5.87. The van der Waals surface area contributed by atoms with Crippen LogP contribution in [-0.2, 0) is 11.2 Å². The molecule has 2 nitrogen and oxygen atoms in total. The predicted octanol–water partition coefficient (Wildman–Crippen LogP) is 3.78. The molecule has 0 aromatic heterocycles. The smallest absolute Gasteiger partial charge is 0.0629 e. The molecule has 18 heavy (non-hydrogen) atoms. The minimum atomic E-state index is -0.0760. The molecule has 0 fully saturated rings. The molecule has 0 aliphatic heterocycles. The molecule has 1 aromatic rings. The third-order valence-electron chi connectivity index (χ3n) is 2.61. The van der Waals surface area contributed by atoms with Crippen molar-refractivity contribution in [3.8, 4) is 0 Å². The van der Waals surface area contributed by atoms with E-state index in [0.717, 1.165) is 24.0 Å². The van der Waals surface area contributed by atoms with E-state index in [1.54, 1.807) is 0 Å². The second kappa shape index (κ2) is 7.27. The van der Waals surface area contributed by atoms with E-state index in [0.29, 0.717) is 6.04 Å². The van der Waals surface area contributed by atoms with Crippen molar-refractivity contribution in [1.29, 1.82) is 0 Å². The minimum absolute atomic E-state index is 0.0760. The van der Waals surface area contributed by atoms with Crippen LogP contribution in [0.1, 0.15) is 33.3 Å². The van der Waals surface area contributed by atoms with Crippen LogP contribution in [0.2, 0.25) is 0 Å². The summed E-state index contributed by atoms with van der Waals surface area (Å²) < 4.78 is 6.99. The Bertz CT molecular complexity index is 343. The predicted molar refractivity (Wildman–Crippen MR) is 81.0 cm³/mol. The highest BCUT2D eigenvalue weighted by Crippen LogP contribution is 2.13. The molecule has 0 aliphatic rings. The Kier molecular flexibility index (Phi) is 6.33. The number of hydrogen-bond donors (Lipinski definition) is 1. The van der Waals surface area contributed by atoms with Gasteiger partial charge in [0.15, 0.2) is 0 Å². The first-order valence-electron chi connectivity index (χ1n) is 6.52. The van der Waals surface area contributed by atoms with Crippen LogP contribution in [0.4, 0.5) is 0 Å². The summed E-state index contributed by atoms with van der Waals surface area (Å²) in [5.74, 6) is 0. The number of halogens is 1. The second-order valence-corrected chi connectivity index (χ2v) is 6.42. The molecule has 1 atom stereocenters. The molecule has 102 valence electrons. The lowest BCUT2D eigenvalue weighted by atomic mass is 10.1. The van der Waals surface area contributed by atoms with Gasteiger partial charge in [-0.05, 0) is 51.4 Å². The zero-order valence-electron chi connectivity index (χ0n) is 11.8. The summed E-state index contributed by atoms with van der Waals surface area (Å²) in [5.41, 5.74) is 1.26. The first-order chi connectivity index (χ1) is 8.40. The van der Waals surface area contributed by atoms with Crippen LogP contribution in [0.15, 0.2) is 28.7 Å². The highest BCUT2D eigenvalue weighted by Gasteiger charge is 2.15. The van der Waals surface area contributed by atoms with Crippen molar-refractivity contribution in [1.82, 2.24) is 5.32 Å². The van der Waals surface area contributed by atoms with Gasteiger partial charge in [-0.1, -0.05) is 35.0 Å². The first-order valence-corrected chi connectivity index (χ1v) is 7.32. The number of hydrogen-bond acceptors (Lipinski definition) is 2. The Balaban J connectivity index is 2.54. The van der Waals surface area contributed by atoms with E-state index in [1.165, 1.54) is 5.56 Å². The van der Waals surface area contributed by atoms with Crippen molar-refractivity contribution in [3.63, 3.8) is 0 Å². The third kappa shape index (κ3) is 6.53. The monoisotopic (exact) mass is 313 g/mol. The number of rotatable bonds is 6. The summed E-state index contributed by atoms with van der Waals surface area (Å²) in [6.07, 6.45) is 0.997. The van der Waals surface area contributed by atoms with Crippen LogP contribution in [0.25, 0.3) is 0 Å². The van der Waals surface area contributed by atoms with E-state index in [9.17, 15) is 0 Å². The summed E-state index contributed by atoms with van der Waals surface area (Å²) in [5, 5.41) is 3.48. The first kappa shape index (κ1) is 15.7. The van der Waals surface area contributed by atoms with Crippen LogP contribution in [0.5, 0.6) is 0 Å².